The van der Waals surface area contributed by atoms with Crippen LogP contribution in [0.4, 0.5) is 11.4 Å². The average molecular weight is 221 g/mol. The van der Waals surface area contributed by atoms with Crippen molar-refractivity contribution in [2.24, 2.45) is 0 Å². The van der Waals surface area contributed by atoms with Crippen molar-refractivity contribution in [1.29, 1.82) is 0 Å². The minimum absolute atomic E-state index is 0.0184. The van der Waals surface area contributed by atoms with E-state index in [0.29, 0.717) is 5.69 Å². The first kappa shape index (κ1) is 12.4. The molecule has 1 aromatic rings. The molecular weight excluding hydrogens is 202 g/mol. The lowest BCUT2D eigenvalue weighted by molar-refractivity contribution is -0.119. The number of carbonyl (C=O) groups excluding carboxylic acids is 1. The average Bonchev–Trinajstić information content (AvgIpc) is 2.12. The highest BCUT2D eigenvalue weighted by Gasteiger charge is 2.03. The van der Waals surface area contributed by atoms with E-state index < -0.39 is 0 Å². The van der Waals surface area contributed by atoms with E-state index >= 15 is 0 Å². The fourth-order valence-electron chi connectivity index (χ4n) is 1.47. The Balaban J connectivity index is 2.51. The zero-order chi connectivity index (χ0) is 12.1. The van der Waals surface area contributed by atoms with Gasteiger partial charge in [-0.1, -0.05) is 0 Å². The zero-order valence-corrected chi connectivity index (χ0v) is 10.0. The van der Waals surface area contributed by atoms with Gasteiger partial charge in [0.15, 0.2) is 0 Å². The number of carbonyl (C=O) groups is 1. The molecule has 16 heavy (non-hydrogen) atoms. The molecule has 0 saturated heterocycles. The van der Waals surface area contributed by atoms with Crippen LogP contribution in [0.3, 0.4) is 0 Å². The van der Waals surface area contributed by atoms with Gasteiger partial charge in [-0.15, -0.1) is 0 Å². The molecule has 0 heterocycles. The topological polar surface area (TPSA) is 67.1 Å². The van der Waals surface area contributed by atoms with E-state index in [-0.39, 0.29) is 18.5 Å². The molecule has 4 heteroatoms. The van der Waals surface area contributed by atoms with Crippen LogP contribution in [0.15, 0.2) is 18.2 Å². The third kappa shape index (κ3) is 4.21. The number of aryl methyl sites for hydroxylation is 1. The molecule has 0 saturated carbocycles. The van der Waals surface area contributed by atoms with Crippen molar-refractivity contribution in [3.63, 3.8) is 0 Å². The van der Waals surface area contributed by atoms with E-state index in [0.717, 1.165) is 11.3 Å². The first-order valence-electron chi connectivity index (χ1n) is 5.38. The first-order chi connectivity index (χ1) is 7.47. The maximum Gasteiger partial charge on any atom is 0.239 e. The Morgan fingerprint density at radius 3 is 2.62 bits per heavy atom. The van der Waals surface area contributed by atoms with Gasteiger partial charge in [-0.2, -0.15) is 0 Å². The molecule has 0 aromatic heterocycles. The maximum absolute atomic E-state index is 11.4. The van der Waals surface area contributed by atoms with Crippen LogP contribution in [0.5, 0.6) is 0 Å². The minimum Gasteiger partial charge on any atom is -0.399 e. The summed E-state index contributed by atoms with van der Waals surface area (Å²) in [6, 6.07) is 5.82. The summed E-state index contributed by atoms with van der Waals surface area (Å²) in [5.74, 6) is -0.0184. The normalized spacial score (nSPS) is 10.2. The smallest absolute Gasteiger partial charge is 0.239 e. The zero-order valence-electron chi connectivity index (χ0n) is 10.0. The first-order valence-corrected chi connectivity index (χ1v) is 5.38. The lowest BCUT2D eigenvalue weighted by atomic mass is 10.2. The number of hydrogen-bond donors (Lipinski definition) is 3. The molecule has 0 bridgehead atoms. The number of nitrogens with one attached hydrogen (secondary N) is 2. The van der Waals surface area contributed by atoms with Crippen molar-refractivity contribution in [1.82, 2.24) is 5.32 Å². The minimum atomic E-state index is -0.0184. The lowest BCUT2D eigenvalue weighted by Crippen LogP contribution is -2.34. The van der Waals surface area contributed by atoms with E-state index in [2.05, 4.69) is 10.6 Å². The van der Waals surface area contributed by atoms with Gasteiger partial charge in [0.05, 0.1) is 6.54 Å². The van der Waals surface area contributed by atoms with Crippen molar-refractivity contribution in [2.75, 3.05) is 17.6 Å². The van der Waals surface area contributed by atoms with E-state index in [1.807, 2.05) is 39.0 Å². The summed E-state index contributed by atoms with van der Waals surface area (Å²) < 4.78 is 0. The molecule has 4 nitrogen and oxygen atoms in total. The van der Waals surface area contributed by atoms with Crippen LogP contribution in [0.25, 0.3) is 0 Å². The number of benzene rings is 1. The van der Waals surface area contributed by atoms with Gasteiger partial charge in [0.2, 0.25) is 5.91 Å². The van der Waals surface area contributed by atoms with Crippen LogP contribution in [0.1, 0.15) is 19.4 Å². The summed E-state index contributed by atoms with van der Waals surface area (Å²) in [7, 11) is 0. The highest BCUT2D eigenvalue weighted by molar-refractivity contribution is 5.81. The Hall–Kier alpha value is -1.71. The van der Waals surface area contributed by atoms with Crippen LogP contribution in [-0.4, -0.2) is 18.5 Å². The maximum atomic E-state index is 11.4. The van der Waals surface area contributed by atoms with Crippen LogP contribution in [0, 0.1) is 6.92 Å². The summed E-state index contributed by atoms with van der Waals surface area (Å²) in [4.78, 5) is 11.4. The molecule has 0 atom stereocenters. The predicted molar refractivity (Wildman–Crippen MR) is 67.4 cm³/mol. The highest BCUT2D eigenvalue weighted by Crippen LogP contribution is 2.15. The highest BCUT2D eigenvalue weighted by atomic mass is 16.1. The van der Waals surface area contributed by atoms with Crippen molar-refractivity contribution in [3.8, 4) is 0 Å². The van der Waals surface area contributed by atoms with Gasteiger partial charge in [-0.3, -0.25) is 4.79 Å². The van der Waals surface area contributed by atoms with Gasteiger partial charge in [0, 0.05) is 17.4 Å². The Bertz CT molecular complexity index is 354. The summed E-state index contributed by atoms with van der Waals surface area (Å²) in [5.41, 5.74) is 8.35. The molecule has 0 aliphatic heterocycles. The fraction of sp³-hybridized carbons (Fsp3) is 0.417. The third-order valence-corrected chi connectivity index (χ3v) is 2.00. The van der Waals surface area contributed by atoms with Crippen molar-refractivity contribution >= 4 is 17.3 Å². The van der Waals surface area contributed by atoms with Crippen molar-refractivity contribution < 1.29 is 4.79 Å². The second-order valence-corrected chi connectivity index (χ2v) is 4.21. The number of anilines is 2. The van der Waals surface area contributed by atoms with Gasteiger partial charge >= 0.3 is 0 Å². The van der Waals surface area contributed by atoms with Gasteiger partial charge in [-0.25, -0.2) is 0 Å². The second kappa shape index (κ2) is 5.39. The van der Waals surface area contributed by atoms with Crippen molar-refractivity contribution in [3.05, 3.63) is 23.8 Å². The number of rotatable bonds is 4. The molecule has 4 N–H and O–H groups in total. The molecular formula is C12H19N3O. The van der Waals surface area contributed by atoms with Crippen molar-refractivity contribution in [2.45, 2.75) is 26.8 Å². The van der Waals surface area contributed by atoms with E-state index in [1.165, 1.54) is 0 Å². The molecule has 0 aliphatic rings. The van der Waals surface area contributed by atoms with Gasteiger partial charge in [0.25, 0.3) is 0 Å². The monoisotopic (exact) mass is 221 g/mol. The molecule has 88 valence electrons. The van der Waals surface area contributed by atoms with Gasteiger partial charge in [0.1, 0.15) is 0 Å². The van der Waals surface area contributed by atoms with Crippen LogP contribution < -0.4 is 16.4 Å². The molecule has 1 amide bonds. The Kier molecular flexibility index (Phi) is 4.17. The van der Waals surface area contributed by atoms with Crippen LogP contribution >= 0.6 is 0 Å². The van der Waals surface area contributed by atoms with Crippen LogP contribution in [0.2, 0.25) is 0 Å². The summed E-state index contributed by atoms with van der Waals surface area (Å²) in [5, 5.41) is 5.85. The summed E-state index contributed by atoms with van der Waals surface area (Å²) in [6.45, 7) is 6.10. The Morgan fingerprint density at radius 2 is 2.06 bits per heavy atom. The van der Waals surface area contributed by atoms with Crippen LogP contribution in [-0.2, 0) is 4.79 Å². The number of amides is 1. The van der Waals surface area contributed by atoms with Gasteiger partial charge < -0.3 is 16.4 Å². The molecule has 0 radical (unpaired) electrons. The van der Waals surface area contributed by atoms with Gasteiger partial charge in [-0.05, 0) is 44.5 Å². The fourth-order valence-corrected chi connectivity index (χ4v) is 1.47. The van der Waals surface area contributed by atoms with E-state index in [1.54, 1.807) is 0 Å². The Morgan fingerprint density at radius 1 is 1.38 bits per heavy atom. The Labute approximate surface area is 96.2 Å². The van der Waals surface area contributed by atoms with E-state index in [4.69, 9.17) is 5.73 Å². The second-order valence-electron chi connectivity index (χ2n) is 4.21. The lowest BCUT2D eigenvalue weighted by Gasteiger charge is -2.11. The number of nitrogen functional groups attached to an aromatic ring is 1. The summed E-state index contributed by atoms with van der Waals surface area (Å²) in [6.07, 6.45) is 0. The molecule has 0 aliphatic carbocycles. The molecule has 0 unspecified atom stereocenters. The predicted octanol–water partition coefficient (Wildman–Crippen LogP) is 1.51. The third-order valence-electron chi connectivity index (χ3n) is 2.00. The number of hydrogen-bond acceptors (Lipinski definition) is 3. The summed E-state index contributed by atoms with van der Waals surface area (Å²) >= 11 is 0. The molecule has 1 rings (SSSR count). The molecule has 1 aromatic carbocycles. The SMILES string of the molecule is Cc1cc(N)cc(NCC(=O)NC(C)C)c1. The molecule has 0 fully saturated rings. The standard InChI is InChI=1S/C12H19N3O/c1-8(2)15-12(16)7-14-11-5-9(3)4-10(13)6-11/h4-6,8,14H,7,13H2,1-3H3,(H,15,16). The quantitative estimate of drug-likeness (QED) is 0.675. The largest absolute Gasteiger partial charge is 0.399 e. The molecule has 0 spiro atoms. The number of nitrogens with two attached hydrogens (primary N) is 1. The van der Waals surface area contributed by atoms with E-state index in [9.17, 15) is 4.79 Å².